The topological polar surface area (TPSA) is 12.0 Å². The Balaban J connectivity index is 1.82. The van der Waals surface area contributed by atoms with Gasteiger partial charge in [-0.15, -0.1) is 11.3 Å². The van der Waals surface area contributed by atoms with E-state index in [1.54, 1.807) is 0 Å². The summed E-state index contributed by atoms with van der Waals surface area (Å²) in [5, 5.41) is 3.61. The second-order valence-corrected chi connectivity index (χ2v) is 7.27. The monoisotopic (exact) mass is 287 g/mol. The molecule has 0 aliphatic carbocycles. The molecule has 0 saturated carbocycles. The Kier molecular flexibility index (Phi) is 5.38. The van der Waals surface area contributed by atoms with Gasteiger partial charge in [-0.25, -0.2) is 0 Å². The standard InChI is InChI=1S/C18H25NS/c1-13(2)17-8-6-16(7-9-17)12-19-14(3)11-18-10-5-15(4)20-18/h5-10,13-14,19H,11-12H2,1-4H3. The maximum Gasteiger partial charge on any atom is 0.0208 e. The van der Waals surface area contributed by atoms with Crippen molar-refractivity contribution in [3.63, 3.8) is 0 Å². The molecule has 1 heterocycles. The SMILES string of the molecule is Cc1ccc(CC(C)NCc2ccc(C(C)C)cc2)s1. The van der Waals surface area contributed by atoms with Crippen LogP contribution >= 0.6 is 11.3 Å². The molecule has 2 heteroatoms. The minimum atomic E-state index is 0.512. The quantitative estimate of drug-likeness (QED) is 0.796. The predicted molar refractivity (Wildman–Crippen MR) is 89.6 cm³/mol. The lowest BCUT2D eigenvalue weighted by atomic mass is 10.0. The summed E-state index contributed by atoms with van der Waals surface area (Å²) in [6.07, 6.45) is 1.11. The third-order valence-corrected chi connectivity index (χ3v) is 4.63. The van der Waals surface area contributed by atoms with Crippen molar-refractivity contribution in [2.24, 2.45) is 0 Å². The van der Waals surface area contributed by atoms with Gasteiger partial charge >= 0.3 is 0 Å². The highest BCUT2D eigenvalue weighted by molar-refractivity contribution is 7.11. The van der Waals surface area contributed by atoms with Gasteiger partial charge in [0.25, 0.3) is 0 Å². The Hall–Kier alpha value is -1.12. The number of rotatable bonds is 6. The van der Waals surface area contributed by atoms with E-state index in [4.69, 9.17) is 0 Å². The summed E-state index contributed by atoms with van der Waals surface area (Å²) in [5.41, 5.74) is 2.78. The molecule has 2 aromatic rings. The highest BCUT2D eigenvalue weighted by Crippen LogP contribution is 2.17. The molecule has 20 heavy (non-hydrogen) atoms. The van der Waals surface area contributed by atoms with E-state index in [9.17, 15) is 0 Å². The molecule has 1 aromatic heterocycles. The Bertz CT molecular complexity index is 525. The van der Waals surface area contributed by atoms with Crippen LogP contribution in [0.2, 0.25) is 0 Å². The van der Waals surface area contributed by atoms with Gasteiger partial charge in [-0.05, 0) is 49.4 Å². The van der Waals surface area contributed by atoms with E-state index < -0.39 is 0 Å². The van der Waals surface area contributed by atoms with Crippen molar-refractivity contribution in [2.75, 3.05) is 0 Å². The number of hydrogen-bond donors (Lipinski definition) is 1. The molecule has 0 aliphatic heterocycles. The molecule has 0 fully saturated rings. The summed E-state index contributed by atoms with van der Waals surface area (Å²) in [6.45, 7) is 9.85. The zero-order valence-corrected chi connectivity index (χ0v) is 13.8. The van der Waals surface area contributed by atoms with Crippen LogP contribution in [0.3, 0.4) is 0 Å². The molecule has 2 rings (SSSR count). The van der Waals surface area contributed by atoms with Crippen LogP contribution in [0.5, 0.6) is 0 Å². The maximum atomic E-state index is 3.61. The van der Waals surface area contributed by atoms with Gasteiger partial charge in [0.1, 0.15) is 0 Å². The van der Waals surface area contributed by atoms with E-state index in [2.05, 4.69) is 69.4 Å². The number of thiophene rings is 1. The van der Waals surface area contributed by atoms with Crippen molar-refractivity contribution >= 4 is 11.3 Å². The highest BCUT2D eigenvalue weighted by Gasteiger charge is 2.05. The average molecular weight is 287 g/mol. The molecule has 1 N–H and O–H groups in total. The van der Waals surface area contributed by atoms with Gasteiger partial charge in [-0.3, -0.25) is 0 Å². The minimum Gasteiger partial charge on any atom is -0.310 e. The largest absolute Gasteiger partial charge is 0.310 e. The Morgan fingerprint density at radius 2 is 1.70 bits per heavy atom. The molecule has 0 spiro atoms. The van der Waals surface area contributed by atoms with Crippen LogP contribution in [0.4, 0.5) is 0 Å². The van der Waals surface area contributed by atoms with E-state index in [0.29, 0.717) is 12.0 Å². The van der Waals surface area contributed by atoms with Gasteiger partial charge in [-0.1, -0.05) is 38.1 Å². The summed E-state index contributed by atoms with van der Waals surface area (Å²) in [7, 11) is 0. The summed E-state index contributed by atoms with van der Waals surface area (Å²) < 4.78 is 0. The van der Waals surface area contributed by atoms with Crippen molar-refractivity contribution in [3.8, 4) is 0 Å². The molecular formula is C18H25NS. The summed E-state index contributed by atoms with van der Waals surface area (Å²) in [4.78, 5) is 2.87. The molecule has 0 amide bonds. The van der Waals surface area contributed by atoms with Crippen LogP contribution < -0.4 is 5.32 Å². The fourth-order valence-electron chi connectivity index (χ4n) is 2.28. The molecule has 1 aromatic carbocycles. The Labute approximate surface area is 127 Å². The zero-order valence-electron chi connectivity index (χ0n) is 12.9. The number of nitrogens with one attached hydrogen (secondary N) is 1. The molecule has 1 atom stereocenters. The van der Waals surface area contributed by atoms with Crippen LogP contribution in [-0.2, 0) is 13.0 Å². The lowest BCUT2D eigenvalue weighted by Gasteiger charge is -2.13. The van der Waals surface area contributed by atoms with Gasteiger partial charge in [-0.2, -0.15) is 0 Å². The molecule has 0 radical (unpaired) electrons. The normalized spacial score (nSPS) is 12.8. The van der Waals surface area contributed by atoms with E-state index >= 15 is 0 Å². The van der Waals surface area contributed by atoms with Crippen molar-refractivity contribution in [2.45, 2.75) is 52.6 Å². The molecule has 0 saturated heterocycles. The Morgan fingerprint density at radius 3 is 2.25 bits per heavy atom. The first-order valence-electron chi connectivity index (χ1n) is 7.42. The summed E-state index contributed by atoms with van der Waals surface area (Å²) >= 11 is 1.90. The van der Waals surface area contributed by atoms with Crippen molar-refractivity contribution in [1.29, 1.82) is 0 Å². The van der Waals surface area contributed by atoms with Crippen LogP contribution in [0.25, 0.3) is 0 Å². The summed E-state index contributed by atoms with van der Waals surface area (Å²) in [6, 6.07) is 13.9. The second-order valence-electron chi connectivity index (χ2n) is 5.89. The first-order valence-corrected chi connectivity index (χ1v) is 8.24. The molecule has 1 nitrogen and oxygen atoms in total. The van der Waals surface area contributed by atoms with E-state index in [-0.39, 0.29) is 0 Å². The predicted octanol–water partition coefficient (Wildman–Crippen LogP) is 4.90. The first-order chi connectivity index (χ1) is 9.54. The Morgan fingerprint density at radius 1 is 1.00 bits per heavy atom. The fourth-order valence-corrected chi connectivity index (χ4v) is 3.30. The van der Waals surface area contributed by atoms with Crippen LogP contribution in [-0.4, -0.2) is 6.04 Å². The average Bonchev–Trinajstić information content (AvgIpc) is 2.82. The van der Waals surface area contributed by atoms with Crippen LogP contribution in [0.1, 0.15) is 47.6 Å². The maximum absolute atomic E-state index is 3.61. The van der Waals surface area contributed by atoms with Gasteiger partial charge in [0.15, 0.2) is 0 Å². The van der Waals surface area contributed by atoms with E-state index in [1.807, 2.05) is 11.3 Å². The van der Waals surface area contributed by atoms with Gasteiger partial charge in [0, 0.05) is 22.3 Å². The van der Waals surface area contributed by atoms with Gasteiger partial charge in [0.2, 0.25) is 0 Å². The number of aryl methyl sites for hydroxylation is 1. The highest BCUT2D eigenvalue weighted by atomic mass is 32.1. The number of benzene rings is 1. The third kappa shape index (κ3) is 4.46. The molecular weight excluding hydrogens is 262 g/mol. The van der Waals surface area contributed by atoms with Crippen LogP contribution in [0.15, 0.2) is 36.4 Å². The number of hydrogen-bond acceptors (Lipinski definition) is 2. The second kappa shape index (κ2) is 7.05. The summed E-state index contributed by atoms with van der Waals surface area (Å²) in [5.74, 6) is 0.609. The molecule has 0 bridgehead atoms. The van der Waals surface area contributed by atoms with Crippen molar-refractivity contribution in [1.82, 2.24) is 5.32 Å². The lowest BCUT2D eigenvalue weighted by Crippen LogP contribution is -2.27. The van der Waals surface area contributed by atoms with Crippen molar-refractivity contribution in [3.05, 3.63) is 57.3 Å². The van der Waals surface area contributed by atoms with E-state index in [0.717, 1.165) is 13.0 Å². The van der Waals surface area contributed by atoms with E-state index in [1.165, 1.54) is 20.9 Å². The van der Waals surface area contributed by atoms with Gasteiger partial charge < -0.3 is 5.32 Å². The minimum absolute atomic E-state index is 0.512. The zero-order chi connectivity index (χ0) is 14.5. The fraction of sp³-hybridized carbons (Fsp3) is 0.444. The van der Waals surface area contributed by atoms with Gasteiger partial charge in [0.05, 0.1) is 0 Å². The smallest absolute Gasteiger partial charge is 0.0208 e. The molecule has 1 unspecified atom stereocenters. The molecule has 0 aliphatic rings. The molecule has 108 valence electrons. The van der Waals surface area contributed by atoms with Crippen molar-refractivity contribution < 1.29 is 0 Å². The lowest BCUT2D eigenvalue weighted by molar-refractivity contribution is 0.548. The first kappa shape index (κ1) is 15.3. The van der Waals surface area contributed by atoms with Crippen LogP contribution in [0, 0.1) is 6.92 Å². The third-order valence-electron chi connectivity index (χ3n) is 3.60.